The number of carbonyl (C=O) groups excluding carboxylic acids is 6. The van der Waals surface area contributed by atoms with E-state index >= 15 is 0 Å². The molecule has 14 nitrogen and oxygen atoms in total. The van der Waals surface area contributed by atoms with Crippen LogP contribution in [0.4, 0.5) is 0 Å². The number of thiazole rings is 1. The Kier molecular flexibility index (Phi) is 25.4. The Bertz CT molecular complexity index is 2260. The lowest BCUT2D eigenvalue weighted by Crippen LogP contribution is -2.54. The fourth-order valence-corrected chi connectivity index (χ4v) is 12.5. The SMILES string of the molecule is CC[C@H](C)[C@@H]([C@@H](CC(=O)N1CCC[C@H]1[C@H](OC)[C@@H](C)C(=O)C[C@@H](Cc1ccccc1)c1nccs1)OC)N(C)C(=O)[C@@H](CC(=O)[C@H](C(C)C)N(C)CCCCCCCCCCON1C(=O)c2ccccc2C1=O)C(C)C. The fraction of sp³-hybridized carbons (Fsp3) is 0.656. The van der Waals surface area contributed by atoms with Crippen molar-refractivity contribution in [1.29, 1.82) is 0 Å². The molecule has 4 amide bonds. The zero-order valence-electron chi connectivity index (χ0n) is 47.7. The molecular formula is C61H91N5O9S. The Hall–Kier alpha value is -4.67. The predicted octanol–water partition coefficient (Wildman–Crippen LogP) is 10.9. The molecule has 1 fully saturated rings. The largest absolute Gasteiger partial charge is 0.379 e. The van der Waals surface area contributed by atoms with Gasteiger partial charge < -0.3 is 19.3 Å². The maximum atomic E-state index is 14.8. The summed E-state index contributed by atoms with van der Waals surface area (Å²) >= 11 is 1.57. The van der Waals surface area contributed by atoms with Gasteiger partial charge in [0.15, 0.2) is 5.78 Å². The van der Waals surface area contributed by atoms with Crippen molar-refractivity contribution in [3.63, 3.8) is 0 Å². The quantitative estimate of drug-likeness (QED) is 0.0408. The lowest BCUT2D eigenvalue weighted by atomic mass is 9.83. The Morgan fingerprint density at radius 3 is 1.95 bits per heavy atom. The normalized spacial score (nSPS) is 17.9. The molecule has 9 atom stereocenters. The zero-order chi connectivity index (χ0) is 55.5. The average molecular weight is 1070 g/mol. The molecule has 0 spiro atoms. The number of carbonyl (C=O) groups is 6. The van der Waals surface area contributed by atoms with E-state index in [2.05, 4.69) is 49.7 Å². The number of unbranched alkanes of at least 4 members (excludes halogenated alkanes) is 7. The Morgan fingerprint density at radius 1 is 0.763 bits per heavy atom. The van der Waals surface area contributed by atoms with Crippen molar-refractivity contribution in [2.24, 2.45) is 29.6 Å². The van der Waals surface area contributed by atoms with Gasteiger partial charge in [-0.05, 0) is 81.1 Å². The van der Waals surface area contributed by atoms with E-state index in [-0.39, 0.29) is 72.0 Å². The molecule has 0 bridgehead atoms. The highest BCUT2D eigenvalue weighted by molar-refractivity contribution is 7.09. The topological polar surface area (TPSA) is 156 Å². The first-order chi connectivity index (χ1) is 36.4. The highest BCUT2D eigenvalue weighted by Crippen LogP contribution is 2.34. The Balaban J connectivity index is 1.11. The molecule has 0 saturated carbocycles. The van der Waals surface area contributed by atoms with Crippen molar-refractivity contribution in [2.45, 2.75) is 181 Å². The smallest absolute Gasteiger partial charge is 0.285 e. The summed E-state index contributed by atoms with van der Waals surface area (Å²) in [6.07, 6.45) is 12.3. The third kappa shape index (κ3) is 16.7. The molecular weight excluding hydrogens is 979 g/mol. The minimum atomic E-state index is -0.604. The van der Waals surface area contributed by atoms with Crippen molar-refractivity contribution in [3.05, 3.63) is 87.9 Å². The number of amides is 4. The molecule has 0 radical (unpaired) electrons. The van der Waals surface area contributed by atoms with E-state index in [0.717, 1.165) is 92.8 Å². The molecule has 1 saturated heterocycles. The molecule has 0 N–H and O–H groups in total. The summed E-state index contributed by atoms with van der Waals surface area (Å²) in [7, 11) is 7.07. The third-order valence-electron chi connectivity index (χ3n) is 16.3. The van der Waals surface area contributed by atoms with Gasteiger partial charge in [0.1, 0.15) is 5.78 Å². The van der Waals surface area contributed by atoms with Gasteiger partial charge in [-0.25, -0.2) is 4.98 Å². The van der Waals surface area contributed by atoms with Crippen LogP contribution in [0.2, 0.25) is 0 Å². The number of likely N-dealkylation sites (N-methyl/N-ethyl adjacent to an activating group) is 2. The van der Waals surface area contributed by atoms with E-state index in [1.54, 1.807) is 68.0 Å². The number of likely N-dealkylation sites (tertiary alicyclic amines) is 1. The molecule has 2 aromatic carbocycles. The monoisotopic (exact) mass is 1070 g/mol. The average Bonchev–Trinajstić information content (AvgIpc) is 4.18. The highest BCUT2D eigenvalue weighted by Gasteiger charge is 2.44. The number of imide groups is 1. The first-order valence-corrected chi connectivity index (χ1v) is 29.2. The standard InChI is InChI=1S/C61H91N5O9S/c1-12-43(6)56(53(73-10)40-54(69)65-34-26-31-50(65)57(74-11)44(7)51(67)38-46(58-62-32-36-76-58)37-45-27-20-19-21-28-45)64(9)59(70)49(41(2)3)39-52(68)55(42(4)5)63(8)33-24-17-15-13-14-16-18-25-35-75-66-60(71)47-29-22-23-30-48(47)61(66)72/h19-23,27-30,32,36,41-44,46,49-50,53,55-57H,12-18,24-26,31,33-35,37-40H2,1-11H3/t43-,44-,46+,49-,50-,53+,55-,56-,57+/m0/s1. The summed E-state index contributed by atoms with van der Waals surface area (Å²) < 4.78 is 12.3. The molecule has 420 valence electrons. The second kappa shape index (κ2) is 31.1. The summed E-state index contributed by atoms with van der Waals surface area (Å²) in [4.78, 5) is 98.9. The third-order valence-corrected chi connectivity index (χ3v) is 17.2. The number of hydroxylamine groups is 2. The number of hydrogen-bond donors (Lipinski definition) is 0. The van der Waals surface area contributed by atoms with Crippen LogP contribution in [-0.4, -0.2) is 138 Å². The van der Waals surface area contributed by atoms with Gasteiger partial charge in [0.05, 0.1) is 59.5 Å². The second-order valence-electron chi connectivity index (χ2n) is 22.3. The van der Waals surface area contributed by atoms with Gasteiger partial charge in [-0.1, -0.05) is 136 Å². The predicted molar refractivity (Wildman–Crippen MR) is 300 cm³/mol. The molecule has 2 aliphatic rings. The van der Waals surface area contributed by atoms with Crippen LogP contribution in [0.25, 0.3) is 0 Å². The van der Waals surface area contributed by atoms with E-state index < -0.39 is 41.9 Å². The van der Waals surface area contributed by atoms with Crippen LogP contribution in [0, 0.1) is 29.6 Å². The number of hydrogen-bond acceptors (Lipinski definition) is 12. The number of fused-ring (bicyclic) bond motifs is 1. The van der Waals surface area contributed by atoms with Gasteiger partial charge in [0.2, 0.25) is 11.8 Å². The van der Waals surface area contributed by atoms with Crippen LogP contribution in [0.1, 0.15) is 176 Å². The number of Topliss-reactive ketones (excluding diaryl/α,β-unsaturated/α-hetero) is 2. The summed E-state index contributed by atoms with van der Waals surface area (Å²) in [6.45, 7) is 15.9. The molecule has 15 heteroatoms. The van der Waals surface area contributed by atoms with Gasteiger partial charge in [0, 0.05) is 70.0 Å². The van der Waals surface area contributed by atoms with Crippen LogP contribution < -0.4 is 0 Å². The molecule has 2 aliphatic heterocycles. The number of methoxy groups -OCH3 is 2. The van der Waals surface area contributed by atoms with Crippen LogP contribution >= 0.6 is 11.3 Å². The number of aromatic nitrogens is 1. The second-order valence-corrected chi connectivity index (χ2v) is 23.2. The van der Waals surface area contributed by atoms with E-state index in [1.165, 1.54) is 0 Å². The number of rotatable bonds is 35. The first-order valence-electron chi connectivity index (χ1n) is 28.4. The molecule has 76 heavy (non-hydrogen) atoms. The van der Waals surface area contributed by atoms with E-state index in [1.807, 2.05) is 56.3 Å². The Morgan fingerprint density at radius 2 is 1.38 bits per heavy atom. The molecule has 0 unspecified atom stereocenters. The van der Waals surface area contributed by atoms with E-state index in [9.17, 15) is 28.8 Å². The number of ether oxygens (including phenoxy) is 2. The van der Waals surface area contributed by atoms with Crippen molar-refractivity contribution in [3.8, 4) is 0 Å². The Labute approximate surface area is 458 Å². The fourth-order valence-electron chi connectivity index (χ4n) is 11.8. The molecule has 0 aliphatic carbocycles. The van der Waals surface area contributed by atoms with Crippen molar-refractivity contribution < 1.29 is 43.1 Å². The van der Waals surface area contributed by atoms with Gasteiger partial charge in [-0.2, -0.15) is 0 Å². The molecule has 1 aromatic heterocycles. The van der Waals surface area contributed by atoms with Gasteiger partial charge in [-0.3, -0.25) is 38.5 Å². The minimum absolute atomic E-state index is 0.00923. The molecule has 3 heterocycles. The van der Waals surface area contributed by atoms with Crippen molar-refractivity contribution in [1.82, 2.24) is 24.7 Å². The summed E-state index contributed by atoms with van der Waals surface area (Å²) in [5.74, 6) is -1.97. The highest BCUT2D eigenvalue weighted by atomic mass is 32.1. The minimum Gasteiger partial charge on any atom is -0.379 e. The molecule has 5 rings (SSSR count). The van der Waals surface area contributed by atoms with Gasteiger partial charge >= 0.3 is 0 Å². The van der Waals surface area contributed by atoms with Crippen molar-refractivity contribution >= 4 is 46.5 Å². The van der Waals surface area contributed by atoms with Crippen LogP contribution in [0.3, 0.4) is 0 Å². The van der Waals surface area contributed by atoms with Gasteiger partial charge in [0.25, 0.3) is 11.8 Å². The summed E-state index contributed by atoms with van der Waals surface area (Å²) in [5.41, 5.74) is 1.92. The molecule has 3 aromatic rings. The first kappa shape index (κ1) is 62.2. The van der Waals surface area contributed by atoms with Crippen LogP contribution in [0.15, 0.2) is 66.2 Å². The number of ketones is 2. The number of nitrogens with zero attached hydrogens (tertiary/aromatic N) is 5. The van der Waals surface area contributed by atoms with Crippen molar-refractivity contribution in [2.75, 3.05) is 48.0 Å². The maximum Gasteiger partial charge on any atom is 0.285 e. The van der Waals surface area contributed by atoms with Gasteiger partial charge in [-0.15, -0.1) is 16.4 Å². The van der Waals surface area contributed by atoms with E-state index in [0.29, 0.717) is 37.1 Å². The van der Waals surface area contributed by atoms with E-state index in [4.69, 9.17) is 14.3 Å². The van der Waals surface area contributed by atoms with Crippen LogP contribution in [-0.2, 0) is 39.9 Å². The number of benzene rings is 2. The maximum absolute atomic E-state index is 14.8. The lowest BCUT2D eigenvalue weighted by molar-refractivity contribution is -0.149. The lowest BCUT2D eigenvalue weighted by Gasteiger charge is -2.41. The zero-order valence-corrected chi connectivity index (χ0v) is 48.6. The van der Waals surface area contributed by atoms with Crippen LogP contribution in [0.5, 0.6) is 0 Å². The summed E-state index contributed by atoms with van der Waals surface area (Å²) in [5, 5.41) is 3.77. The summed E-state index contributed by atoms with van der Waals surface area (Å²) in [6, 6.07) is 15.9.